The lowest BCUT2D eigenvalue weighted by molar-refractivity contribution is 0.300. The van der Waals surface area contributed by atoms with Crippen LogP contribution in [0.15, 0.2) is 56.5 Å². The van der Waals surface area contributed by atoms with Crippen molar-refractivity contribution < 1.29 is 9.15 Å². The Kier molecular flexibility index (Phi) is 5.24. The third kappa shape index (κ3) is 3.94. The Morgan fingerprint density at radius 2 is 1.92 bits per heavy atom. The average Bonchev–Trinajstić information content (AvgIpc) is 2.60. The summed E-state index contributed by atoms with van der Waals surface area (Å²) in [5.74, 6) is 0.146. The number of aromatic nitrogens is 1. The second kappa shape index (κ2) is 7.57. The normalized spacial score (nSPS) is 11.0. The van der Waals surface area contributed by atoms with E-state index in [-0.39, 0.29) is 0 Å². The zero-order valence-corrected chi connectivity index (χ0v) is 14.6. The van der Waals surface area contributed by atoms with E-state index >= 15 is 0 Å². The van der Waals surface area contributed by atoms with E-state index < -0.39 is 11.4 Å². The van der Waals surface area contributed by atoms with Crippen molar-refractivity contribution in [2.75, 3.05) is 6.61 Å². The summed E-state index contributed by atoms with van der Waals surface area (Å²) >= 11 is 5.99. The largest absolute Gasteiger partial charge is 0.494 e. The van der Waals surface area contributed by atoms with Crippen molar-refractivity contribution >= 4 is 22.5 Å². The van der Waals surface area contributed by atoms with Crippen LogP contribution in [0.3, 0.4) is 0 Å². The molecule has 0 aliphatic rings. The van der Waals surface area contributed by atoms with Gasteiger partial charge in [0.15, 0.2) is 0 Å². The van der Waals surface area contributed by atoms with E-state index in [1.54, 1.807) is 24.3 Å². The van der Waals surface area contributed by atoms with Gasteiger partial charge >= 0.3 is 11.4 Å². The second-order valence-electron chi connectivity index (χ2n) is 5.79. The average molecular weight is 360 g/mol. The van der Waals surface area contributed by atoms with Crippen molar-refractivity contribution in [3.05, 3.63) is 74.0 Å². The lowest BCUT2D eigenvalue weighted by Crippen LogP contribution is -2.25. The maximum Gasteiger partial charge on any atom is 0.422 e. The lowest BCUT2D eigenvalue weighted by Gasteiger charge is -2.10. The van der Waals surface area contributed by atoms with Gasteiger partial charge in [-0.2, -0.15) is 0 Å². The van der Waals surface area contributed by atoms with Crippen LogP contribution in [0.1, 0.15) is 18.4 Å². The maximum absolute atomic E-state index is 12.0. The molecule has 5 nitrogen and oxygen atoms in total. The van der Waals surface area contributed by atoms with Gasteiger partial charge in [0.05, 0.1) is 17.5 Å². The van der Waals surface area contributed by atoms with Gasteiger partial charge in [0.25, 0.3) is 0 Å². The van der Waals surface area contributed by atoms with Crippen molar-refractivity contribution in [3.63, 3.8) is 0 Å². The smallest absolute Gasteiger partial charge is 0.422 e. The number of rotatable bonds is 6. The van der Waals surface area contributed by atoms with Crippen LogP contribution in [0.5, 0.6) is 5.75 Å². The van der Waals surface area contributed by atoms with E-state index in [4.69, 9.17) is 20.8 Å². The third-order valence-corrected chi connectivity index (χ3v) is 4.41. The van der Waals surface area contributed by atoms with E-state index in [0.717, 1.165) is 24.2 Å². The quantitative estimate of drug-likeness (QED) is 0.628. The summed E-state index contributed by atoms with van der Waals surface area (Å²) in [5, 5.41) is 1.12. The molecule has 25 heavy (non-hydrogen) atoms. The summed E-state index contributed by atoms with van der Waals surface area (Å²) in [6.45, 7) is 2.92. The Hall–Kier alpha value is -2.53. The predicted molar refractivity (Wildman–Crippen MR) is 97.7 cm³/mol. The number of hydrogen-bond donors (Lipinski definition) is 0. The molecule has 1 aromatic heterocycles. The minimum atomic E-state index is -0.627. The van der Waals surface area contributed by atoms with Gasteiger partial charge in [-0.15, -0.1) is 0 Å². The molecule has 1 heterocycles. The molecule has 0 unspecified atom stereocenters. The van der Waals surface area contributed by atoms with Crippen LogP contribution in [0.2, 0.25) is 5.02 Å². The van der Waals surface area contributed by atoms with Gasteiger partial charge in [0, 0.05) is 11.6 Å². The second-order valence-corrected chi connectivity index (χ2v) is 6.20. The van der Waals surface area contributed by atoms with Crippen LogP contribution >= 0.6 is 11.6 Å². The Labute approximate surface area is 149 Å². The first-order valence-electron chi connectivity index (χ1n) is 8.08. The summed E-state index contributed by atoms with van der Waals surface area (Å²) in [5.41, 5.74) is 0.966. The van der Waals surface area contributed by atoms with Crippen molar-refractivity contribution in [3.8, 4) is 5.75 Å². The summed E-state index contributed by atoms with van der Waals surface area (Å²) < 4.78 is 12.0. The van der Waals surface area contributed by atoms with Gasteiger partial charge in [-0.3, -0.25) is 4.57 Å². The molecule has 6 heteroatoms. The molecular weight excluding hydrogens is 342 g/mol. The first-order valence-corrected chi connectivity index (χ1v) is 8.46. The Bertz CT molecular complexity index is 1010. The van der Waals surface area contributed by atoms with E-state index in [0.29, 0.717) is 29.1 Å². The van der Waals surface area contributed by atoms with Crippen molar-refractivity contribution in [1.29, 1.82) is 0 Å². The molecule has 2 aromatic carbocycles. The molecule has 0 amide bonds. The van der Waals surface area contributed by atoms with Crippen LogP contribution in [-0.4, -0.2) is 11.2 Å². The van der Waals surface area contributed by atoms with E-state index in [1.807, 2.05) is 25.1 Å². The molecule has 0 spiro atoms. The van der Waals surface area contributed by atoms with Crippen molar-refractivity contribution in [2.45, 2.75) is 26.3 Å². The monoisotopic (exact) mass is 359 g/mol. The zero-order chi connectivity index (χ0) is 17.8. The van der Waals surface area contributed by atoms with Crippen LogP contribution < -0.4 is 16.1 Å². The molecule has 0 saturated heterocycles. The van der Waals surface area contributed by atoms with Gasteiger partial charge in [0.1, 0.15) is 5.75 Å². The minimum absolute atomic E-state index is 0.412. The van der Waals surface area contributed by atoms with E-state index in [9.17, 15) is 9.59 Å². The number of hydrogen-bond acceptors (Lipinski definition) is 4. The summed E-state index contributed by atoms with van der Waals surface area (Å²) in [4.78, 5) is 23.7. The third-order valence-electron chi connectivity index (χ3n) is 3.99. The molecule has 3 rings (SSSR count). The molecular formula is C19H18ClNO4. The van der Waals surface area contributed by atoms with Crippen LogP contribution in [0.25, 0.3) is 10.9 Å². The van der Waals surface area contributed by atoms with Crippen molar-refractivity contribution in [1.82, 2.24) is 4.57 Å². The van der Waals surface area contributed by atoms with Gasteiger partial charge in [-0.25, -0.2) is 9.59 Å². The van der Waals surface area contributed by atoms with E-state index in [2.05, 4.69) is 0 Å². The molecule has 0 fully saturated rings. The highest BCUT2D eigenvalue weighted by Gasteiger charge is 2.08. The Balaban J connectivity index is 1.61. The zero-order valence-electron chi connectivity index (χ0n) is 13.8. The SMILES string of the molecule is Cc1cc(OCCCCn2c(=O)oc(=O)c3ccccc32)ccc1Cl. The molecule has 0 atom stereocenters. The number of halogens is 1. The standard InChI is InChI=1S/C19H18ClNO4/c1-13-12-14(8-9-16(13)20)24-11-5-4-10-21-17-7-3-2-6-15(17)18(22)25-19(21)23/h2-3,6-9,12H,4-5,10-11H2,1H3. The number of para-hydroxylation sites is 1. The molecule has 130 valence electrons. The number of nitrogens with zero attached hydrogens (tertiary/aromatic N) is 1. The molecule has 0 saturated carbocycles. The first-order chi connectivity index (χ1) is 12.1. The highest BCUT2D eigenvalue weighted by Crippen LogP contribution is 2.21. The van der Waals surface area contributed by atoms with Crippen LogP contribution in [0.4, 0.5) is 0 Å². The summed E-state index contributed by atoms with van der Waals surface area (Å²) in [6, 6.07) is 12.5. The van der Waals surface area contributed by atoms with Gasteiger partial charge in [0.2, 0.25) is 0 Å². The number of fused-ring (bicyclic) bond motifs is 1. The lowest BCUT2D eigenvalue weighted by atomic mass is 10.2. The Morgan fingerprint density at radius 3 is 2.72 bits per heavy atom. The molecule has 0 N–H and O–H groups in total. The first kappa shape index (κ1) is 17.3. The highest BCUT2D eigenvalue weighted by molar-refractivity contribution is 6.31. The van der Waals surface area contributed by atoms with Gasteiger partial charge < -0.3 is 9.15 Å². The number of ether oxygens (including phenoxy) is 1. The topological polar surface area (TPSA) is 61.4 Å². The summed E-state index contributed by atoms with van der Waals surface area (Å²) in [7, 11) is 0. The molecule has 0 aliphatic heterocycles. The van der Waals surface area contributed by atoms with Gasteiger partial charge in [-0.1, -0.05) is 23.7 Å². The summed E-state index contributed by atoms with van der Waals surface area (Å²) in [6.07, 6.45) is 1.49. The molecule has 0 bridgehead atoms. The number of unbranched alkanes of at least 4 members (excludes halogenated alkanes) is 1. The fourth-order valence-corrected chi connectivity index (χ4v) is 2.77. The van der Waals surface area contributed by atoms with Crippen molar-refractivity contribution in [2.24, 2.45) is 0 Å². The molecule has 0 aliphatic carbocycles. The van der Waals surface area contributed by atoms with Gasteiger partial charge in [-0.05, 0) is 55.7 Å². The number of benzene rings is 2. The van der Waals surface area contributed by atoms with E-state index in [1.165, 1.54) is 4.57 Å². The Morgan fingerprint density at radius 1 is 1.12 bits per heavy atom. The fraction of sp³-hybridized carbons (Fsp3) is 0.263. The maximum atomic E-state index is 12.0. The highest BCUT2D eigenvalue weighted by atomic mass is 35.5. The number of aryl methyl sites for hydroxylation is 2. The predicted octanol–water partition coefficient (Wildman–Crippen LogP) is 3.78. The van der Waals surface area contributed by atoms with Crippen LogP contribution in [0, 0.1) is 6.92 Å². The minimum Gasteiger partial charge on any atom is -0.494 e. The van der Waals surface area contributed by atoms with Crippen LogP contribution in [-0.2, 0) is 6.54 Å². The fourth-order valence-electron chi connectivity index (χ4n) is 2.65. The molecule has 3 aromatic rings. The molecule has 0 radical (unpaired) electrons.